The van der Waals surface area contributed by atoms with E-state index in [1.165, 1.54) is 12.1 Å². The Hall–Kier alpha value is -4.87. The van der Waals surface area contributed by atoms with Crippen LogP contribution in [0.15, 0.2) is 102 Å². The number of fused-ring (bicyclic) bond motifs is 1. The van der Waals surface area contributed by atoms with Gasteiger partial charge in [0.25, 0.3) is 0 Å². The maximum Gasteiger partial charge on any atom is 0.328 e. The highest BCUT2D eigenvalue weighted by Gasteiger charge is 2.25. The minimum Gasteiger partial charge on any atom is -0.496 e. The highest BCUT2D eigenvalue weighted by molar-refractivity contribution is 9.10. The molecule has 0 unspecified atom stereocenters. The van der Waals surface area contributed by atoms with E-state index >= 15 is 0 Å². The molecule has 0 saturated heterocycles. The van der Waals surface area contributed by atoms with Gasteiger partial charge in [0.1, 0.15) is 35.8 Å². The average Bonchev–Trinajstić information content (AvgIpc) is 3.44. The first-order valence-electron chi connectivity index (χ1n) is 14.9. The highest BCUT2D eigenvalue weighted by Crippen LogP contribution is 2.44. The van der Waals surface area contributed by atoms with E-state index in [-0.39, 0.29) is 25.5 Å². The van der Waals surface area contributed by atoms with Crippen molar-refractivity contribution in [2.24, 2.45) is 0 Å². The van der Waals surface area contributed by atoms with E-state index in [1.54, 1.807) is 56.0 Å². The van der Waals surface area contributed by atoms with Crippen molar-refractivity contribution in [3.63, 3.8) is 0 Å². The number of hydrogen-bond donors (Lipinski definition) is 1. The van der Waals surface area contributed by atoms with Crippen LogP contribution >= 0.6 is 27.3 Å². The molecule has 0 radical (unpaired) electrons. The molecule has 0 saturated carbocycles. The number of esters is 1. The molecule has 1 atom stereocenters. The molecule has 8 nitrogen and oxygen atoms in total. The summed E-state index contributed by atoms with van der Waals surface area (Å²) < 4.78 is 32.6. The molecule has 11 heteroatoms. The largest absolute Gasteiger partial charge is 0.496 e. The number of nitrogens with one attached hydrogen (secondary N) is 1. The number of benzene rings is 3. The summed E-state index contributed by atoms with van der Waals surface area (Å²) in [5.74, 6) is 1.64. The number of anilines is 1. The number of nitrogens with zero attached hydrogens (tertiary/aromatic N) is 3. The van der Waals surface area contributed by atoms with Crippen LogP contribution in [0.5, 0.6) is 11.5 Å². The molecule has 1 N–H and O–H groups in total. The van der Waals surface area contributed by atoms with E-state index < -0.39 is 12.0 Å². The number of methoxy groups -OCH3 is 1. The molecule has 0 aliphatic rings. The molecule has 0 spiro atoms. The summed E-state index contributed by atoms with van der Waals surface area (Å²) in [6.45, 7) is 2.19. The molecule has 6 rings (SSSR count). The molecule has 6 aromatic rings. The third kappa shape index (κ3) is 7.26. The van der Waals surface area contributed by atoms with E-state index in [9.17, 15) is 9.18 Å². The average molecular weight is 714 g/mol. The van der Waals surface area contributed by atoms with Crippen molar-refractivity contribution in [3.8, 4) is 33.3 Å². The molecule has 3 heterocycles. The van der Waals surface area contributed by atoms with Gasteiger partial charge in [0.2, 0.25) is 0 Å². The Morgan fingerprint density at radius 3 is 2.49 bits per heavy atom. The molecule has 238 valence electrons. The number of rotatable bonds is 12. The second kappa shape index (κ2) is 14.7. The van der Waals surface area contributed by atoms with Crippen LogP contribution in [0.2, 0.25) is 0 Å². The maximum absolute atomic E-state index is 13.6. The van der Waals surface area contributed by atoms with Crippen molar-refractivity contribution < 1.29 is 23.4 Å². The highest BCUT2D eigenvalue weighted by atomic mass is 79.9. The molecule has 3 aromatic carbocycles. The van der Waals surface area contributed by atoms with Gasteiger partial charge >= 0.3 is 5.97 Å². The number of carbonyl (C=O) groups excluding carboxylic acids is 1. The van der Waals surface area contributed by atoms with Gasteiger partial charge in [-0.1, -0.05) is 42.5 Å². The number of thiophene rings is 1. The lowest BCUT2D eigenvalue weighted by atomic mass is 10.0. The maximum atomic E-state index is 13.6. The van der Waals surface area contributed by atoms with E-state index in [2.05, 4.69) is 31.2 Å². The third-order valence-corrected chi connectivity index (χ3v) is 9.62. The number of halogens is 2. The van der Waals surface area contributed by atoms with Crippen LogP contribution in [0.4, 0.5) is 10.2 Å². The van der Waals surface area contributed by atoms with Gasteiger partial charge in [-0.2, -0.15) is 0 Å². The molecule has 47 heavy (non-hydrogen) atoms. The fraction of sp³-hybridized carbons (Fsp3) is 0.167. The van der Waals surface area contributed by atoms with E-state index in [4.69, 9.17) is 19.2 Å². The van der Waals surface area contributed by atoms with Crippen LogP contribution in [0.3, 0.4) is 0 Å². The Bertz CT molecular complexity index is 2020. The van der Waals surface area contributed by atoms with Gasteiger partial charge in [-0.05, 0) is 76.4 Å². The normalized spacial score (nSPS) is 11.7. The molecule has 0 bridgehead atoms. The second-order valence-electron chi connectivity index (χ2n) is 10.4. The Labute approximate surface area is 283 Å². The van der Waals surface area contributed by atoms with Gasteiger partial charge in [0.15, 0.2) is 5.82 Å². The second-order valence-corrected chi connectivity index (χ2v) is 12.3. The molecular weight excluding hydrogens is 683 g/mol. The van der Waals surface area contributed by atoms with Crippen molar-refractivity contribution in [1.82, 2.24) is 15.0 Å². The first kappa shape index (κ1) is 32.1. The van der Waals surface area contributed by atoms with Gasteiger partial charge in [-0.15, -0.1) is 11.3 Å². The fourth-order valence-corrected chi connectivity index (χ4v) is 7.23. The molecule has 0 aliphatic heterocycles. The zero-order chi connectivity index (χ0) is 32.8. The number of para-hydroxylation sites is 2. The summed E-state index contributed by atoms with van der Waals surface area (Å²) in [5.41, 5.74) is 3.15. The standard InChI is InChI=1S/C36H30BrFN4O4S/c1-3-45-36(43)27(42-35-31-30(17-19-40-35)47-33(32(31)37)22-12-14-24(38)15-13-22)20-23-8-4-6-10-28(23)46-21-25-16-18-39-34(41-25)26-9-5-7-11-29(26)44-2/h4-19,27H,3,20-21H2,1-2H3,(H,40,42)/t27-/m1/s1. The van der Waals surface area contributed by atoms with Crippen LogP contribution in [-0.2, 0) is 22.6 Å². The lowest BCUT2D eigenvalue weighted by molar-refractivity contribution is -0.144. The summed E-state index contributed by atoms with van der Waals surface area (Å²) in [6, 6.07) is 24.4. The zero-order valence-corrected chi connectivity index (χ0v) is 28.0. The third-order valence-electron chi connectivity index (χ3n) is 7.37. The lowest BCUT2D eigenvalue weighted by Gasteiger charge is -2.20. The number of hydrogen-bond acceptors (Lipinski definition) is 9. The molecule has 0 amide bonds. The first-order valence-corrected chi connectivity index (χ1v) is 16.5. The first-order chi connectivity index (χ1) is 22.9. The number of aromatic nitrogens is 3. The lowest BCUT2D eigenvalue weighted by Crippen LogP contribution is -2.34. The zero-order valence-electron chi connectivity index (χ0n) is 25.6. The van der Waals surface area contributed by atoms with Crippen molar-refractivity contribution in [3.05, 3.63) is 119 Å². The van der Waals surface area contributed by atoms with E-state index in [1.807, 2.05) is 54.6 Å². The van der Waals surface area contributed by atoms with Gasteiger partial charge in [0.05, 0.1) is 25.0 Å². The van der Waals surface area contributed by atoms with E-state index in [0.29, 0.717) is 28.8 Å². The Balaban J connectivity index is 1.25. The quantitative estimate of drug-likeness (QED) is 0.126. The SMILES string of the molecule is CCOC(=O)[C@@H](Cc1ccccc1OCc1ccnc(-c2ccccc2OC)n1)Nc1nccc2sc(-c3ccc(F)cc3)c(Br)c12. The number of pyridine rings is 1. The number of ether oxygens (including phenoxy) is 3. The van der Waals surface area contributed by atoms with Crippen molar-refractivity contribution in [2.45, 2.75) is 26.0 Å². The predicted molar refractivity (Wildman–Crippen MR) is 185 cm³/mol. The van der Waals surface area contributed by atoms with Crippen molar-refractivity contribution >= 4 is 49.1 Å². The Morgan fingerprint density at radius 2 is 1.70 bits per heavy atom. The monoisotopic (exact) mass is 712 g/mol. The van der Waals surface area contributed by atoms with Crippen LogP contribution in [0.1, 0.15) is 18.2 Å². The summed E-state index contributed by atoms with van der Waals surface area (Å²) >= 11 is 5.30. The summed E-state index contributed by atoms with van der Waals surface area (Å²) in [4.78, 5) is 28.0. The summed E-state index contributed by atoms with van der Waals surface area (Å²) in [7, 11) is 1.61. The van der Waals surface area contributed by atoms with Gasteiger partial charge in [-0.3, -0.25) is 0 Å². The fourth-order valence-electron chi connectivity index (χ4n) is 5.13. The van der Waals surface area contributed by atoms with Crippen LogP contribution in [0, 0.1) is 5.82 Å². The topological polar surface area (TPSA) is 95.5 Å². The van der Waals surface area contributed by atoms with Crippen molar-refractivity contribution in [1.29, 1.82) is 0 Å². The molecular formula is C36H30BrFN4O4S. The molecule has 0 aliphatic carbocycles. The van der Waals surface area contributed by atoms with Crippen LogP contribution in [-0.4, -0.2) is 40.7 Å². The summed E-state index contributed by atoms with van der Waals surface area (Å²) in [5, 5.41) is 4.17. The molecule has 3 aromatic heterocycles. The van der Waals surface area contributed by atoms with Gasteiger partial charge in [0, 0.05) is 38.3 Å². The smallest absolute Gasteiger partial charge is 0.328 e. The van der Waals surface area contributed by atoms with Crippen LogP contribution < -0.4 is 14.8 Å². The van der Waals surface area contributed by atoms with Gasteiger partial charge < -0.3 is 19.5 Å². The number of carbonyl (C=O) groups is 1. The minimum absolute atomic E-state index is 0.189. The minimum atomic E-state index is -0.768. The van der Waals surface area contributed by atoms with Gasteiger partial charge in [-0.25, -0.2) is 24.1 Å². The van der Waals surface area contributed by atoms with E-state index in [0.717, 1.165) is 36.1 Å². The Morgan fingerprint density at radius 1 is 0.957 bits per heavy atom. The van der Waals surface area contributed by atoms with Crippen LogP contribution in [0.25, 0.3) is 31.9 Å². The predicted octanol–water partition coefficient (Wildman–Crippen LogP) is 8.50. The molecule has 0 fully saturated rings. The Kier molecular flexibility index (Phi) is 10.0. The summed E-state index contributed by atoms with van der Waals surface area (Å²) in [6.07, 6.45) is 3.66. The van der Waals surface area contributed by atoms with Crippen molar-refractivity contribution in [2.75, 3.05) is 19.0 Å².